The van der Waals surface area contributed by atoms with E-state index in [2.05, 4.69) is 11.8 Å². The van der Waals surface area contributed by atoms with Crippen LogP contribution in [0.5, 0.6) is 0 Å². The molecule has 0 aromatic carbocycles. The molecular formula is C12H24N2O. The molecule has 2 aliphatic rings. The molecule has 1 heterocycles. The predicted octanol–water partition coefficient (Wildman–Crippen LogP) is 1.22. The SMILES string of the molecule is CCC1CCN(C2(CN)CC(OC)C2)C1. The van der Waals surface area contributed by atoms with Crippen LogP contribution < -0.4 is 5.73 Å². The van der Waals surface area contributed by atoms with Gasteiger partial charge < -0.3 is 10.5 Å². The Morgan fingerprint density at radius 1 is 1.47 bits per heavy atom. The van der Waals surface area contributed by atoms with E-state index in [9.17, 15) is 0 Å². The van der Waals surface area contributed by atoms with E-state index in [1.54, 1.807) is 0 Å². The molecule has 88 valence electrons. The maximum atomic E-state index is 5.96. The number of likely N-dealkylation sites (tertiary alicyclic amines) is 1. The lowest BCUT2D eigenvalue weighted by Crippen LogP contribution is -2.63. The highest BCUT2D eigenvalue weighted by Crippen LogP contribution is 2.41. The van der Waals surface area contributed by atoms with Gasteiger partial charge in [-0.05, 0) is 31.7 Å². The second-order valence-electron chi connectivity index (χ2n) is 5.20. The first-order valence-electron chi connectivity index (χ1n) is 6.22. The van der Waals surface area contributed by atoms with Gasteiger partial charge in [0.05, 0.1) is 6.10 Å². The summed E-state index contributed by atoms with van der Waals surface area (Å²) in [6, 6.07) is 0. The zero-order chi connectivity index (χ0) is 10.9. The fourth-order valence-corrected chi connectivity index (χ4v) is 3.11. The number of nitrogens with zero attached hydrogens (tertiary/aromatic N) is 1. The minimum absolute atomic E-state index is 0.282. The van der Waals surface area contributed by atoms with Crippen molar-refractivity contribution >= 4 is 0 Å². The molecule has 0 radical (unpaired) electrons. The molecule has 0 amide bonds. The third-order valence-corrected chi connectivity index (χ3v) is 4.46. The molecule has 2 N–H and O–H groups in total. The topological polar surface area (TPSA) is 38.5 Å². The average molecular weight is 212 g/mol. The van der Waals surface area contributed by atoms with E-state index in [-0.39, 0.29) is 5.54 Å². The maximum absolute atomic E-state index is 5.96. The summed E-state index contributed by atoms with van der Waals surface area (Å²) in [4.78, 5) is 2.62. The van der Waals surface area contributed by atoms with Crippen molar-refractivity contribution in [3.8, 4) is 0 Å². The number of hydrogen-bond donors (Lipinski definition) is 1. The smallest absolute Gasteiger partial charge is 0.0607 e. The van der Waals surface area contributed by atoms with Gasteiger partial charge in [-0.25, -0.2) is 0 Å². The summed E-state index contributed by atoms with van der Waals surface area (Å²) in [5, 5.41) is 0. The van der Waals surface area contributed by atoms with Crippen molar-refractivity contribution < 1.29 is 4.74 Å². The molecule has 1 atom stereocenters. The van der Waals surface area contributed by atoms with Gasteiger partial charge in [-0.2, -0.15) is 0 Å². The number of ether oxygens (including phenoxy) is 1. The Bertz CT molecular complexity index is 214. The first-order chi connectivity index (χ1) is 7.24. The molecule has 2 fully saturated rings. The number of rotatable bonds is 4. The van der Waals surface area contributed by atoms with Crippen molar-refractivity contribution in [1.82, 2.24) is 4.90 Å². The fraction of sp³-hybridized carbons (Fsp3) is 1.00. The molecule has 1 unspecified atom stereocenters. The van der Waals surface area contributed by atoms with Gasteiger partial charge in [0.15, 0.2) is 0 Å². The van der Waals surface area contributed by atoms with Gasteiger partial charge in [0.1, 0.15) is 0 Å². The van der Waals surface area contributed by atoms with Gasteiger partial charge in [-0.15, -0.1) is 0 Å². The summed E-state index contributed by atoms with van der Waals surface area (Å²) in [6.45, 7) is 5.58. The molecular weight excluding hydrogens is 188 g/mol. The normalized spacial score (nSPS) is 41.8. The van der Waals surface area contributed by atoms with Crippen LogP contribution in [0, 0.1) is 5.92 Å². The van der Waals surface area contributed by atoms with Crippen molar-refractivity contribution in [2.45, 2.75) is 44.2 Å². The molecule has 15 heavy (non-hydrogen) atoms. The number of nitrogens with two attached hydrogens (primary N) is 1. The molecule has 1 aliphatic carbocycles. The molecule has 0 aromatic rings. The Labute approximate surface area is 93.0 Å². The van der Waals surface area contributed by atoms with Crippen LogP contribution in [-0.2, 0) is 4.74 Å². The third kappa shape index (κ3) is 1.93. The second-order valence-corrected chi connectivity index (χ2v) is 5.20. The molecule has 3 nitrogen and oxygen atoms in total. The lowest BCUT2D eigenvalue weighted by molar-refractivity contribution is -0.0804. The van der Waals surface area contributed by atoms with E-state index in [1.807, 2.05) is 7.11 Å². The Balaban J connectivity index is 1.92. The zero-order valence-electron chi connectivity index (χ0n) is 10.0. The summed E-state index contributed by atoms with van der Waals surface area (Å²) < 4.78 is 5.37. The quantitative estimate of drug-likeness (QED) is 0.761. The second kappa shape index (κ2) is 4.40. The Kier molecular flexibility index (Phi) is 3.33. The van der Waals surface area contributed by atoms with Crippen molar-refractivity contribution in [2.24, 2.45) is 11.7 Å². The predicted molar refractivity (Wildman–Crippen MR) is 61.8 cm³/mol. The van der Waals surface area contributed by atoms with Crippen molar-refractivity contribution in [1.29, 1.82) is 0 Å². The first kappa shape index (κ1) is 11.4. The summed E-state index contributed by atoms with van der Waals surface area (Å²) >= 11 is 0. The van der Waals surface area contributed by atoms with E-state index in [4.69, 9.17) is 10.5 Å². The number of hydrogen-bond acceptors (Lipinski definition) is 3. The van der Waals surface area contributed by atoms with Gasteiger partial charge in [0.2, 0.25) is 0 Å². The van der Waals surface area contributed by atoms with E-state index in [0.29, 0.717) is 6.10 Å². The molecule has 3 heteroatoms. The largest absolute Gasteiger partial charge is 0.381 e. The minimum atomic E-state index is 0.282. The van der Waals surface area contributed by atoms with Crippen LogP contribution in [0.15, 0.2) is 0 Å². The first-order valence-corrected chi connectivity index (χ1v) is 6.22. The Morgan fingerprint density at radius 2 is 2.20 bits per heavy atom. The van der Waals surface area contributed by atoms with Crippen LogP contribution in [0.25, 0.3) is 0 Å². The molecule has 1 aliphatic heterocycles. The summed E-state index contributed by atoms with van der Waals surface area (Å²) in [5.41, 5.74) is 6.24. The molecule has 1 saturated carbocycles. The molecule has 0 bridgehead atoms. The zero-order valence-corrected chi connectivity index (χ0v) is 10.0. The van der Waals surface area contributed by atoms with Crippen molar-refractivity contribution in [3.63, 3.8) is 0 Å². The monoisotopic (exact) mass is 212 g/mol. The van der Waals surface area contributed by atoms with Gasteiger partial charge in [-0.1, -0.05) is 13.3 Å². The van der Waals surface area contributed by atoms with Crippen molar-refractivity contribution in [3.05, 3.63) is 0 Å². The third-order valence-electron chi connectivity index (χ3n) is 4.46. The van der Waals surface area contributed by atoms with Gasteiger partial charge in [0, 0.05) is 25.7 Å². The number of methoxy groups -OCH3 is 1. The highest BCUT2D eigenvalue weighted by molar-refractivity contribution is 5.06. The lowest BCUT2D eigenvalue weighted by atomic mass is 9.73. The van der Waals surface area contributed by atoms with Gasteiger partial charge in [0.25, 0.3) is 0 Å². The van der Waals surface area contributed by atoms with Crippen LogP contribution in [0.1, 0.15) is 32.6 Å². The van der Waals surface area contributed by atoms with Crippen LogP contribution in [0.4, 0.5) is 0 Å². The molecule has 0 aromatic heterocycles. The van der Waals surface area contributed by atoms with Crippen LogP contribution in [0.2, 0.25) is 0 Å². The summed E-state index contributed by atoms with van der Waals surface area (Å²) in [6.07, 6.45) is 5.39. The molecule has 0 spiro atoms. The van der Waals surface area contributed by atoms with E-state index >= 15 is 0 Å². The standard InChI is InChI=1S/C12H24N2O/c1-3-10-4-5-14(8-10)12(9-13)6-11(7-12)15-2/h10-11H,3-9,13H2,1-2H3. The van der Waals surface area contributed by atoms with Gasteiger partial charge in [-0.3, -0.25) is 4.90 Å². The minimum Gasteiger partial charge on any atom is -0.381 e. The Hall–Kier alpha value is -0.120. The van der Waals surface area contributed by atoms with Crippen molar-refractivity contribution in [2.75, 3.05) is 26.7 Å². The van der Waals surface area contributed by atoms with Crippen LogP contribution in [0.3, 0.4) is 0 Å². The average Bonchev–Trinajstić information content (AvgIpc) is 2.67. The maximum Gasteiger partial charge on any atom is 0.0607 e. The van der Waals surface area contributed by atoms with Crippen LogP contribution in [-0.4, -0.2) is 43.3 Å². The Morgan fingerprint density at radius 3 is 2.67 bits per heavy atom. The van der Waals surface area contributed by atoms with E-state index in [1.165, 1.54) is 25.9 Å². The van der Waals surface area contributed by atoms with Gasteiger partial charge >= 0.3 is 0 Å². The highest BCUT2D eigenvalue weighted by Gasteiger charge is 2.49. The molecule has 2 rings (SSSR count). The van der Waals surface area contributed by atoms with E-state index < -0.39 is 0 Å². The summed E-state index contributed by atoms with van der Waals surface area (Å²) in [7, 11) is 1.81. The lowest BCUT2D eigenvalue weighted by Gasteiger charge is -2.52. The fourth-order valence-electron chi connectivity index (χ4n) is 3.11. The van der Waals surface area contributed by atoms with Crippen LogP contribution >= 0.6 is 0 Å². The van der Waals surface area contributed by atoms with E-state index in [0.717, 1.165) is 25.3 Å². The summed E-state index contributed by atoms with van der Waals surface area (Å²) in [5.74, 6) is 0.898. The molecule has 1 saturated heterocycles. The highest BCUT2D eigenvalue weighted by atomic mass is 16.5.